The number of hydrogen-bond acceptors (Lipinski definition) is 3. The molecule has 1 N–H and O–H groups in total. The van der Waals surface area contributed by atoms with Crippen molar-refractivity contribution in [3.63, 3.8) is 0 Å². The van der Waals surface area contributed by atoms with E-state index in [2.05, 4.69) is 25.4 Å². The van der Waals surface area contributed by atoms with E-state index in [0.717, 1.165) is 30.7 Å². The molecule has 1 aliphatic heterocycles. The van der Waals surface area contributed by atoms with Crippen LogP contribution in [-0.4, -0.2) is 45.8 Å². The summed E-state index contributed by atoms with van der Waals surface area (Å²) in [5.74, 6) is 2.88. The quantitative estimate of drug-likeness (QED) is 0.463. The Morgan fingerprint density at radius 2 is 2.10 bits per heavy atom. The van der Waals surface area contributed by atoms with Crippen LogP contribution in [0.2, 0.25) is 0 Å². The van der Waals surface area contributed by atoms with Crippen LogP contribution < -0.4 is 5.32 Å². The summed E-state index contributed by atoms with van der Waals surface area (Å²) in [7, 11) is 3.85. The Balaban J connectivity index is 0.00000161. The zero-order valence-corrected chi connectivity index (χ0v) is 15.4. The molecule has 118 valence electrons. The fraction of sp³-hybridized carbons (Fsp3) is 0.786. The van der Waals surface area contributed by atoms with Crippen molar-refractivity contribution in [2.45, 2.75) is 39.2 Å². The van der Waals surface area contributed by atoms with Gasteiger partial charge in [-0.15, -0.1) is 34.2 Å². The van der Waals surface area contributed by atoms with Crippen molar-refractivity contribution in [2.75, 3.05) is 20.1 Å². The minimum Gasteiger partial charge on any atom is -0.349 e. The van der Waals surface area contributed by atoms with Crippen molar-refractivity contribution in [3.8, 4) is 0 Å². The van der Waals surface area contributed by atoms with Crippen molar-refractivity contribution < 1.29 is 0 Å². The van der Waals surface area contributed by atoms with E-state index in [4.69, 9.17) is 0 Å². The van der Waals surface area contributed by atoms with E-state index in [9.17, 15) is 0 Å². The summed E-state index contributed by atoms with van der Waals surface area (Å²) in [5, 5.41) is 11.7. The minimum atomic E-state index is 0. The number of aliphatic imine (C=N–C) groups is 1. The molecule has 6 nitrogen and oxygen atoms in total. The van der Waals surface area contributed by atoms with Crippen LogP contribution in [0.1, 0.15) is 37.3 Å². The molecule has 7 heteroatoms. The molecule has 0 atom stereocenters. The van der Waals surface area contributed by atoms with Crippen LogP contribution >= 0.6 is 24.0 Å². The zero-order valence-electron chi connectivity index (χ0n) is 13.1. The largest absolute Gasteiger partial charge is 0.349 e. The van der Waals surface area contributed by atoms with Gasteiger partial charge < -0.3 is 14.8 Å². The number of hydrogen-bond donors (Lipinski definition) is 1. The van der Waals surface area contributed by atoms with Crippen molar-refractivity contribution in [2.24, 2.45) is 17.5 Å². The second kappa shape index (κ2) is 6.50. The number of aryl methyl sites for hydroxylation is 1. The molecule has 2 fully saturated rings. The second-order valence-electron chi connectivity index (χ2n) is 6.15. The van der Waals surface area contributed by atoms with E-state index < -0.39 is 0 Å². The van der Waals surface area contributed by atoms with Crippen LogP contribution in [0.4, 0.5) is 0 Å². The summed E-state index contributed by atoms with van der Waals surface area (Å²) in [6, 6.07) is 0. The van der Waals surface area contributed by atoms with Gasteiger partial charge >= 0.3 is 0 Å². The van der Waals surface area contributed by atoms with E-state index in [1.807, 2.05) is 25.6 Å². The molecule has 2 heterocycles. The van der Waals surface area contributed by atoms with Gasteiger partial charge in [-0.05, 0) is 31.6 Å². The molecule has 0 amide bonds. The number of likely N-dealkylation sites (tertiary alicyclic amines) is 1. The number of rotatable bonds is 2. The minimum absolute atomic E-state index is 0. The maximum Gasteiger partial charge on any atom is 0.194 e. The number of nitrogens with zero attached hydrogens (tertiary/aromatic N) is 5. The first kappa shape index (κ1) is 16.5. The van der Waals surface area contributed by atoms with Gasteiger partial charge in [0.15, 0.2) is 11.8 Å². The Morgan fingerprint density at radius 1 is 1.33 bits per heavy atom. The van der Waals surface area contributed by atoms with Crippen molar-refractivity contribution in [1.82, 2.24) is 25.0 Å². The second-order valence-corrected chi connectivity index (χ2v) is 6.15. The van der Waals surface area contributed by atoms with Gasteiger partial charge in [0.2, 0.25) is 0 Å². The predicted molar refractivity (Wildman–Crippen MR) is 93.8 cm³/mol. The highest BCUT2D eigenvalue weighted by atomic mass is 127. The number of guanidine groups is 1. The smallest absolute Gasteiger partial charge is 0.194 e. The summed E-state index contributed by atoms with van der Waals surface area (Å²) in [6.45, 7) is 4.92. The Hall–Kier alpha value is -0.860. The lowest BCUT2D eigenvalue weighted by Gasteiger charge is -2.38. The fourth-order valence-electron chi connectivity index (χ4n) is 3.30. The molecule has 0 unspecified atom stereocenters. The van der Waals surface area contributed by atoms with E-state index in [1.165, 1.54) is 25.7 Å². The molecule has 0 aromatic carbocycles. The summed E-state index contributed by atoms with van der Waals surface area (Å²) in [4.78, 5) is 6.81. The predicted octanol–water partition coefficient (Wildman–Crippen LogP) is 1.69. The third-order valence-electron chi connectivity index (χ3n) is 4.95. The SMILES string of the molecule is CN=C(NCc1nnc(C)n1C)N1CCC2(CCC2)C1.I. The first-order chi connectivity index (χ1) is 9.63. The van der Waals surface area contributed by atoms with Crippen LogP contribution in [-0.2, 0) is 13.6 Å². The van der Waals surface area contributed by atoms with E-state index in [1.54, 1.807) is 0 Å². The summed E-state index contributed by atoms with van der Waals surface area (Å²) < 4.78 is 2.01. The van der Waals surface area contributed by atoms with Gasteiger partial charge in [-0.2, -0.15) is 0 Å². The molecular weight excluding hydrogens is 379 g/mol. The fourth-order valence-corrected chi connectivity index (χ4v) is 3.30. The van der Waals surface area contributed by atoms with Gasteiger partial charge in [0.1, 0.15) is 5.82 Å². The van der Waals surface area contributed by atoms with Crippen LogP contribution in [0.5, 0.6) is 0 Å². The summed E-state index contributed by atoms with van der Waals surface area (Å²) >= 11 is 0. The summed E-state index contributed by atoms with van der Waals surface area (Å²) in [5.41, 5.74) is 0.596. The molecule has 1 saturated heterocycles. The van der Waals surface area contributed by atoms with Gasteiger partial charge in [-0.3, -0.25) is 4.99 Å². The Labute approximate surface area is 143 Å². The van der Waals surface area contributed by atoms with Crippen molar-refractivity contribution in [3.05, 3.63) is 11.6 Å². The van der Waals surface area contributed by atoms with Crippen LogP contribution in [0.3, 0.4) is 0 Å². The maximum atomic E-state index is 4.42. The highest BCUT2D eigenvalue weighted by molar-refractivity contribution is 14.0. The standard InChI is InChI=1S/C14H24N6.HI/c1-11-17-18-12(19(11)3)9-16-13(15-2)20-8-7-14(10-20)5-4-6-14;/h4-10H2,1-3H3,(H,15,16);1H. The molecule has 3 rings (SSSR count). The molecule has 0 bridgehead atoms. The average molecular weight is 404 g/mol. The third kappa shape index (κ3) is 3.17. The molecule has 1 saturated carbocycles. The Bertz CT molecular complexity index is 520. The lowest BCUT2D eigenvalue weighted by molar-refractivity contribution is 0.151. The van der Waals surface area contributed by atoms with E-state index in [-0.39, 0.29) is 24.0 Å². The molecule has 1 spiro atoms. The third-order valence-corrected chi connectivity index (χ3v) is 4.95. The zero-order chi connectivity index (χ0) is 14.2. The maximum absolute atomic E-state index is 4.42. The Kier molecular flexibility index (Phi) is 5.11. The van der Waals surface area contributed by atoms with E-state index in [0.29, 0.717) is 12.0 Å². The first-order valence-corrected chi connectivity index (χ1v) is 7.44. The van der Waals surface area contributed by atoms with Gasteiger partial charge in [-0.25, -0.2) is 0 Å². The number of halogens is 1. The summed E-state index contributed by atoms with van der Waals surface area (Å²) in [6.07, 6.45) is 5.50. The molecule has 0 radical (unpaired) electrons. The van der Waals surface area contributed by atoms with E-state index >= 15 is 0 Å². The van der Waals surface area contributed by atoms with Gasteiger partial charge in [-0.1, -0.05) is 6.42 Å². The topological polar surface area (TPSA) is 58.3 Å². The Morgan fingerprint density at radius 3 is 2.57 bits per heavy atom. The van der Waals surface area contributed by atoms with Crippen molar-refractivity contribution in [1.29, 1.82) is 0 Å². The molecule has 2 aliphatic rings. The number of nitrogens with one attached hydrogen (secondary N) is 1. The van der Waals surface area contributed by atoms with Gasteiger partial charge in [0.25, 0.3) is 0 Å². The van der Waals surface area contributed by atoms with Gasteiger partial charge in [0, 0.05) is 27.2 Å². The molecular formula is C14H25IN6. The normalized spacial score (nSPS) is 20.3. The van der Waals surface area contributed by atoms with Crippen LogP contribution in [0.15, 0.2) is 4.99 Å². The molecule has 21 heavy (non-hydrogen) atoms. The average Bonchev–Trinajstić information content (AvgIpc) is 2.98. The molecule has 1 aromatic heterocycles. The monoisotopic (exact) mass is 404 g/mol. The highest BCUT2D eigenvalue weighted by Crippen LogP contribution is 2.47. The van der Waals surface area contributed by atoms with Crippen LogP contribution in [0.25, 0.3) is 0 Å². The van der Waals surface area contributed by atoms with Gasteiger partial charge in [0.05, 0.1) is 6.54 Å². The molecule has 1 aliphatic carbocycles. The molecule has 1 aromatic rings. The lowest BCUT2D eigenvalue weighted by Crippen LogP contribution is -2.42. The number of aromatic nitrogens is 3. The van der Waals surface area contributed by atoms with Crippen LogP contribution in [0, 0.1) is 12.3 Å². The lowest BCUT2D eigenvalue weighted by atomic mass is 9.68. The van der Waals surface area contributed by atoms with Crippen molar-refractivity contribution >= 4 is 29.9 Å². The highest BCUT2D eigenvalue weighted by Gasteiger charge is 2.43. The first-order valence-electron chi connectivity index (χ1n) is 7.44.